The van der Waals surface area contributed by atoms with Crippen LogP contribution in [-0.2, 0) is 0 Å². The molecule has 1 aromatic heterocycles. The Labute approximate surface area is 99.2 Å². The smallest absolute Gasteiger partial charge is 0.181 e. The molecule has 2 N–H and O–H groups in total. The lowest BCUT2D eigenvalue weighted by Crippen LogP contribution is -2.40. The first-order valence-corrected chi connectivity index (χ1v) is 5.64. The average Bonchev–Trinajstić information content (AvgIpc) is 2.76. The molecule has 0 radical (unpaired) electrons. The zero-order valence-corrected chi connectivity index (χ0v) is 9.60. The van der Waals surface area contributed by atoms with Gasteiger partial charge in [-0.3, -0.25) is 5.10 Å². The molecule has 2 heterocycles. The van der Waals surface area contributed by atoms with Gasteiger partial charge in [-0.2, -0.15) is 5.10 Å². The lowest BCUT2D eigenvalue weighted by molar-refractivity contribution is 0.415. The zero-order valence-electron chi connectivity index (χ0n) is 9.60. The SMILES string of the molecule is COc1ccc(-c2n[nH]c(C3CNC3)n2)cc1. The van der Waals surface area contributed by atoms with Crippen LogP contribution in [0.2, 0.25) is 0 Å². The largest absolute Gasteiger partial charge is 0.497 e. The van der Waals surface area contributed by atoms with E-state index in [0.717, 1.165) is 36.1 Å². The summed E-state index contributed by atoms with van der Waals surface area (Å²) in [7, 11) is 1.66. The molecule has 88 valence electrons. The first kappa shape index (κ1) is 10.3. The monoisotopic (exact) mass is 230 g/mol. The van der Waals surface area contributed by atoms with Crippen molar-refractivity contribution in [1.82, 2.24) is 20.5 Å². The molecule has 0 spiro atoms. The number of hydrogen-bond donors (Lipinski definition) is 2. The number of ether oxygens (including phenoxy) is 1. The number of nitrogens with zero attached hydrogens (tertiary/aromatic N) is 2. The summed E-state index contributed by atoms with van der Waals surface area (Å²) in [6, 6.07) is 7.75. The van der Waals surface area contributed by atoms with E-state index in [4.69, 9.17) is 4.74 Å². The van der Waals surface area contributed by atoms with Crippen LogP contribution in [0.25, 0.3) is 11.4 Å². The van der Waals surface area contributed by atoms with Crippen molar-refractivity contribution < 1.29 is 4.74 Å². The highest BCUT2D eigenvalue weighted by Gasteiger charge is 2.22. The molecule has 2 aromatic rings. The predicted octanol–water partition coefficient (Wildman–Crippen LogP) is 1.17. The van der Waals surface area contributed by atoms with E-state index in [1.807, 2.05) is 24.3 Å². The minimum Gasteiger partial charge on any atom is -0.497 e. The van der Waals surface area contributed by atoms with Crippen LogP contribution in [0, 0.1) is 0 Å². The van der Waals surface area contributed by atoms with Gasteiger partial charge in [0, 0.05) is 24.6 Å². The van der Waals surface area contributed by atoms with Crippen molar-refractivity contribution in [2.75, 3.05) is 20.2 Å². The Bertz CT molecular complexity index is 501. The molecule has 0 saturated carbocycles. The summed E-state index contributed by atoms with van der Waals surface area (Å²) in [6.45, 7) is 1.97. The van der Waals surface area contributed by atoms with Gasteiger partial charge in [0.05, 0.1) is 7.11 Å². The first-order chi connectivity index (χ1) is 8.36. The van der Waals surface area contributed by atoms with Gasteiger partial charge in [-0.25, -0.2) is 4.98 Å². The van der Waals surface area contributed by atoms with Gasteiger partial charge in [-0.1, -0.05) is 0 Å². The molecule has 0 bridgehead atoms. The van der Waals surface area contributed by atoms with Gasteiger partial charge in [0.1, 0.15) is 11.6 Å². The molecule has 5 nitrogen and oxygen atoms in total. The van der Waals surface area contributed by atoms with Crippen LogP contribution in [0.4, 0.5) is 0 Å². The molecular formula is C12H14N4O. The van der Waals surface area contributed by atoms with E-state index in [-0.39, 0.29) is 0 Å². The van der Waals surface area contributed by atoms with Crippen LogP contribution in [0.5, 0.6) is 5.75 Å². The molecule has 1 aromatic carbocycles. The highest BCUT2D eigenvalue weighted by atomic mass is 16.5. The maximum absolute atomic E-state index is 5.12. The van der Waals surface area contributed by atoms with Crippen molar-refractivity contribution in [3.8, 4) is 17.1 Å². The van der Waals surface area contributed by atoms with Gasteiger partial charge in [-0.05, 0) is 24.3 Å². The molecule has 1 aliphatic rings. The molecule has 3 rings (SSSR count). The molecule has 1 fully saturated rings. The number of methoxy groups -OCH3 is 1. The van der Waals surface area contributed by atoms with Crippen molar-refractivity contribution >= 4 is 0 Å². The van der Waals surface area contributed by atoms with E-state index in [1.165, 1.54) is 0 Å². The summed E-state index contributed by atoms with van der Waals surface area (Å²) in [5, 5.41) is 10.5. The lowest BCUT2D eigenvalue weighted by atomic mass is 10.0. The van der Waals surface area contributed by atoms with Gasteiger partial charge in [0.25, 0.3) is 0 Å². The molecule has 0 aliphatic carbocycles. The minimum atomic E-state index is 0.481. The molecule has 1 saturated heterocycles. The van der Waals surface area contributed by atoms with Crippen molar-refractivity contribution in [1.29, 1.82) is 0 Å². The standard InChI is InChI=1S/C12H14N4O/c1-17-10-4-2-8(3-5-10)11-14-12(16-15-11)9-6-13-7-9/h2-5,9,13H,6-7H2,1H3,(H,14,15,16). The normalized spacial score (nSPS) is 15.6. The van der Waals surface area contributed by atoms with Crippen molar-refractivity contribution in [2.24, 2.45) is 0 Å². The fourth-order valence-electron chi connectivity index (χ4n) is 1.81. The fraction of sp³-hybridized carbons (Fsp3) is 0.333. The topological polar surface area (TPSA) is 62.8 Å². The summed E-state index contributed by atoms with van der Waals surface area (Å²) in [5.74, 6) is 3.03. The molecule has 1 aliphatic heterocycles. The number of aromatic nitrogens is 3. The number of nitrogens with one attached hydrogen (secondary N) is 2. The summed E-state index contributed by atoms with van der Waals surface area (Å²) < 4.78 is 5.12. The average molecular weight is 230 g/mol. The fourth-order valence-corrected chi connectivity index (χ4v) is 1.81. The number of hydrogen-bond acceptors (Lipinski definition) is 4. The number of H-pyrrole nitrogens is 1. The molecule has 0 atom stereocenters. The van der Waals surface area contributed by atoms with Crippen LogP contribution in [0.15, 0.2) is 24.3 Å². The molecule has 0 unspecified atom stereocenters. The van der Waals surface area contributed by atoms with Gasteiger partial charge >= 0.3 is 0 Å². The van der Waals surface area contributed by atoms with Gasteiger partial charge < -0.3 is 10.1 Å². The third-order valence-corrected chi connectivity index (χ3v) is 3.02. The Kier molecular flexibility index (Phi) is 2.53. The minimum absolute atomic E-state index is 0.481. The Morgan fingerprint density at radius 1 is 1.24 bits per heavy atom. The highest BCUT2D eigenvalue weighted by molar-refractivity contribution is 5.55. The van der Waals surface area contributed by atoms with E-state index in [0.29, 0.717) is 5.92 Å². The Hall–Kier alpha value is -1.88. The van der Waals surface area contributed by atoms with Crippen LogP contribution in [0.3, 0.4) is 0 Å². The van der Waals surface area contributed by atoms with Crippen LogP contribution in [0.1, 0.15) is 11.7 Å². The molecular weight excluding hydrogens is 216 g/mol. The lowest BCUT2D eigenvalue weighted by Gasteiger charge is -2.24. The van der Waals surface area contributed by atoms with E-state index < -0.39 is 0 Å². The number of benzene rings is 1. The maximum atomic E-state index is 5.12. The molecule has 17 heavy (non-hydrogen) atoms. The third kappa shape index (κ3) is 1.89. The van der Waals surface area contributed by atoms with Gasteiger partial charge in [0.2, 0.25) is 0 Å². The number of rotatable bonds is 3. The maximum Gasteiger partial charge on any atom is 0.181 e. The predicted molar refractivity (Wildman–Crippen MR) is 64.0 cm³/mol. The van der Waals surface area contributed by atoms with E-state index in [2.05, 4.69) is 20.5 Å². The summed E-state index contributed by atoms with van der Waals surface area (Å²) in [6.07, 6.45) is 0. The third-order valence-electron chi connectivity index (χ3n) is 3.02. The summed E-state index contributed by atoms with van der Waals surface area (Å²) >= 11 is 0. The quantitative estimate of drug-likeness (QED) is 0.830. The van der Waals surface area contributed by atoms with Crippen molar-refractivity contribution in [3.05, 3.63) is 30.1 Å². The second-order valence-electron chi connectivity index (χ2n) is 4.13. The van der Waals surface area contributed by atoms with E-state index in [1.54, 1.807) is 7.11 Å². The first-order valence-electron chi connectivity index (χ1n) is 5.64. The second kappa shape index (κ2) is 4.18. The Morgan fingerprint density at radius 3 is 2.59 bits per heavy atom. The highest BCUT2D eigenvalue weighted by Crippen LogP contribution is 2.21. The second-order valence-corrected chi connectivity index (χ2v) is 4.13. The van der Waals surface area contributed by atoms with Gasteiger partial charge in [-0.15, -0.1) is 0 Å². The van der Waals surface area contributed by atoms with Crippen LogP contribution in [-0.4, -0.2) is 35.4 Å². The van der Waals surface area contributed by atoms with Crippen molar-refractivity contribution in [2.45, 2.75) is 5.92 Å². The van der Waals surface area contributed by atoms with Crippen LogP contribution < -0.4 is 10.1 Å². The molecule has 0 amide bonds. The van der Waals surface area contributed by atoms with Crippen LogP contribution >= 0.6 is 0 Å². The van der Waals surface area contributed by atoms with E-state index >= 15 is 0 Å². The van der Waals surface area contributed by atoms with Gasteiger partial charge in [0.15, 0.2) is 5.82 Å². The van der Waals surface area contributed by atoms with Crippen molar-refractivity contribution in [3.63, 3.8) is 0 Å². The zero-order chi connectivity index (χ0) is 11.7. The Morgan fingerprint density at radius 2 is 2.00 bits per heavy atom. The van der Waals surface area contributed by atoms with E-state index in [9.17, 15) is 0 Å². The summed E-state index contributed by atoms with van der Waals surface area (Å²) in [5.41, 5.74) is 1.00. The summed E-state index contributed by atoms with van der Waals surface area (Å²) in [4.78, 5) is 4.51. The Balaban J connectivity index is 1.84. The number of aromatic amines is 1. The molecule has 5 heteroatoms.